The Hall–Kier alpha value is -0.770. The number of nitrogens with one attached hydrogen (secondary N) is 1. The molecule has 1 fully saturated rings. The first-order valence-corrected chi connectivity index (χ1v) is 6.03. The highest BCUT2D eigenvalue weighted by atomic mass is 35.5. The summed E-state index contributed by atoms with van der Waals surface area (Å²) in [6.45, 7) is 5.77. The minimum absolute atomic E-state index is 0.392. The van der Waals surface area contributed by atoms with Gasteiger partial charge in [-0.2, -0.15) is 0 Å². The predicted molar refractivity (Wildman–Crippen MR) is 69.2 cm³/mol. The van der Waals surface area contributed by atoms with Crippen LogP contribution in [-0.4, -0.2) is 32.2 Å². The van der Waals surface area contributed by atoms with Crippen LogP contribution in [0.5, 0.6) is 0 Å². The van der Waals surface area contributed by atoms with Crippen molar-refractivity contribution in [3.8, 4) is 0 Å². The molecule has 0 spiro atoms. The number of anilines is 1. The van der Waals surface area contributed by atoms with Gasteiger partial charge in [0.15, 0.2) is 0 Å². The molecule has 1 saturated heterocycles. The van der Waals surface area contributed by atoms with E-state index in [4.69, 9.17) is 17.3 Å². The van der Waals surface area contributed by atoms with Gasteiger partial charge in [0.05, 0.1) is 0 Å². The standard InChI is InChI=1S/C12H18ClN3/c1-9-6-10(13)2-3-12(9)16-5-4-15-11(7-14)8-16/h2-3,6,11,15H,4-5,7-8,14H2,1H3. The summed E-state index contributed by atoms with van der Waals surface area (Å²) in [4.78, 5) is 2.37. The van der Waals surface area contributed by atoms with Gasteiger partial charge < -0.3 is 16.0 Å². The fourth-order valence-electron chi connectivity index (χ4n) is 2.18. The summed E-state index contributed by atoms with van der Waals surface area (Å²) >= 11 is 5.96. The van der Waals surface area contributed by atoms with Crippen molar-refractivity contribution in [3.05, 3.63) is 28.8 Å². The van der Waals surface area contributed by atoms with Gasteiger partial charge in [-0.15, -0.1) is 0 Å². The molecular weight excluding hydrogens is 222 g/mol. The molecule has 1 aliphatic heterocycles. The maximum atomic E-state index is 5.96. The van der Waals surface area contributed by atoms with Gasteiger partial charge in [0.1, 0.15) is 0 Å². The Balaban J connectivity index is 2.16. The Morgan fingerprint density at radius 3 is 3.06 bits per heavy atom. The second kappa shape index (κ2) is 5.04. The second-order valence-corrected chi connectivity index (χ2v) is 4.70. The molecular formula is C12H18ClN3. The SMILES string of the molecule is Cc1cc(Cl)ccc1N1CCNC(CN)C1. The van der Waals surface area contributed by atoms with Crippen molar-refractivity contribution in [2.45, 2.75) is 13.0 Å². The van der Waals surface area contributed by atoms with Crippen LogP contribution in [0.25, 0.3) is 0 Å². The van der Waals surface area contributed by atoms with E-state index in [1.807, 2.05) is 12.1 Å². The normalized spacial score (nSPS) is 21.2. The van der Waals surface area contributed by atoms with Gasteiger partial charge in [-0.1, -0.05) is 11.6 Å². The van der Waals surface area contributed by atoms with E-state index in [1.165, 1.54) is 11.3 Å². The molecule has 0 aliphatic carbocycles. The number of hydrogen-bond donors (Lipinski definition) is 2. The van der Waals surface area contributed by atoms with E-state index in [1.54, 1.807) is 0 Å². The van der Waals surface area contributed by atoms with Crippen molar-refractivity contribution >= 4 is 17.3 Å². The van der Waals surface area contributed by atoms with Crippen LogP contribution in [0.2, 0.25) is 5.02 Å². The van der Waals surface area contributed by atoms with Gasteiger partial charge in [-0.3, -0.25) is 0 Å². The summed E-state index contributed by atoms with van der Waals surface area (Å²) in [5, 5.41) is 4.20. The van der Waals surface area contributed by atoms with Gasteiger partial charge >= 0.3 is 0 Å². The number of benzene rings is 1. The number of halogens is 1. The lowest BCUT2D eigenvalue weighted by atomic mass is 10.1. The third-order valence-corrected chi connectivity index (χ3v) is 3.27. The Morgan fingerprint density at radius 1 is 1.56 bits per heavy atom. The maximum Gasteiger partial charge on any atom is 0.0410 e. The Kier molecular flexibility index (Phi) is 3.69. The van der Waals surface area contributed by atoms with Crippen molar-refractivity contribution in [2.24, 2.45) is 5.73 Å². The molecule has 1 heterocycles. The quantitative estimate of drug-likeness (QED) is 0.820. The smallest absolute Gasteiger partial charge is 0.0410 e. The summed E-state index contributed by atoms with van der Waals surface area (Å²) in [5.74, 6) is 0. The molecule has 88 valence electrons. The van der Waals surface area contributed by atoms with Crippen molar-refractivity contribution in [2.75, 3.05) is 31.1 Å². The zero-order valence-electron chi connectivity index (χ0n) is 9.54. The zero-order chi connectivity index (χ0) is 11.5. The minimum atomic E-state index is 0.392. The van der Waals surface area contributed by atoms with Crippen LogP contribution in [0, 0.1) is 6.92 Å². The molecule has 0 radical (unpaired) electrons. The molecule has 0 saturated carbocycles. The van der Waals surface area contributed by atoms with Gasteiger partial charge in [0, 0.05) is 42.9 Å². The third kappa shape index (κ3) is 2.48. The molecule has 1 unspecified atom stereocenters. The highest BCUT2D eigenvalue weighted by molar-refractivity contribution is 6.30. The fourth-order valence-corrected chi connectivity index (χ4v) is 2.40. The van der Waals surface area contributed by atoms with Crippen molar-refractivity contribution in [1.29, 1.82) is 0 Å². The van der Waals surface area contributed by atoms with Crippen molar-refractivity contribution in [1.82, 2.24) is 5.32 Å². The molecule has 2 rings (SSSR count). The number of hydrogen-bond acceptors (Lipinski definition) is 3. The molecule has 0 bridgehead atoms. The van der Waals surface area contributed by atoms with E-state index in [9.17, 15) is 0 Å². The number of rotatable bonds is 2. The van der Waals surface area contributed by atoms with Crippen molar-refractivity contribution in [3.63, 3.8) is 0 Å². The summed E-state index contributed by atoms with van der Waals surface area (Å²) in [6, 6.07) is 6.44. The Morgan fingerprint density at radius 2 is 2.38 bits per heavy atom. The summed E-state index contributed by atoms with van der Waals surface area (Å²) in [7, 11) is 0. The Labute approximate surface area is 102 Å². The van der Waals surface area contributed by atoms with E-state index in [2.05, 4.69) is 23.2 Å². The average Bonchev–Trinajstić information content (AvgIpc) is 2.29. The Bertz CT molecular complexity index is 367. The largest absolute Gasteiger partial charge is 0.368 e. The minimum Gasteiger partial charge on any atom is -0.368 e. The molecule has 1 aliphatic rings. The zero-order valence-corrected chi connectivity index (χ0v) is 10.3. The average molecular weight is 240 g/mol. The molecule has 3 N–H and O–H groups in total. The topological polar surface area (TPSA) is 41.3 Å². The number of piperazine rings is 1. The molecule has 1 aromatic carbocycles. The predicted octanol–water partition coefficient (Wildman–Crippen LogP) is 1.39. The van der Waals surface area contributed by atoms with Crippen LogP contribution in [0.4, 0.5) is 5.69 Å². The highest BCUT2D eigenvalue weighted by Gasteiger charge is 2.19. The van der Waals surface area contributed by atoms with Crippen LogP contribution in [0.15, 0.2) is 18.2 Å². The number of nitrogens with two attached hydrogens (primary N) is 1. The second-order valence-electron chi connectivity index (χ2n) is 4.26. The van der Waals surface area contributed by atoms with Crippen LogP contribution in [0.1, 0.15) is 5.56 Å². The first-order chi connectivity index (χ1) is 7.70. The van der Waals surface area contributed by atoms with E-state index in [-0.39, 0.29) is 0 Å². The summed E-state index contributed by atoms with van der Waals surface area (Å²) < 4.78 is 0. The molecule has 3 nitrogen and oxygen atoms in total. The van der Waals surface area contributed by atoms with Crippen LogP contribution < -0.4 is 16.0 Å². The molecule has 4 heteroatoms. The lowest BCUT2D eigenvalue weighted by Crippen LogP contribution is -2.53. The molecule has 16 heavy (non-hydrogen) atoms. The lowest BCUT2D eigenvalue weighted by Gasteiger charge is -2.35. The van der Waals surface area contributed by atoms with E-state index >= 15 is 0 Å². The molecule has 1 atom stereocenters. The van der Waals surface area contributed by atoms with Crippen LogP contribution in [-0.2, 0) is 0 Å². The van der Waals surface area contributed by atoms with E-state index < -0.39 is 0 Å². The third-order valence-electron chi connectivity index (χ3n) is 3.04. The monoisotopic (exact) mass is 239 g/mol. The van der Waals surface area contributed by atoms with Crippen LogP contribution in [0.3, 0.4) is 0 Å². The van der Waals surface area contributed by atoms with Crippen LogP contribution >= 0.6 is 11.6 Å². The summed E-state index contributed by atoms with van der Waals surface area (Å²) in [5.41, 5.74) is 8.19. The van der Waals surface area contributed by atoms with Gasteiger partial charge in [0.25, 0.3) is 0 Å². The number of aryl methyl sites for hydroxylation is 1. The lowest BCUT2D eigenvalue weighted by molar-refractivity contribution is 0.463. The molecule has 0 amide bonds. The van der Waals surface area contributed by atoms with E-state index in [0.717, 1.165) is 24.7 Å². The number of nitrogens with zero attached hydrogens (tertiary/aromatic N) is 1. The first kappa shape index (κ1) is 11.7. The first-order valence-electron chi connectivity index (χ1n) is 5.65. The van der Waals surface area contributed by atoms with Gasteiger partial charge in [-0.05, 0) is 30.7 Å². The maximum absolute atomic E-state index is 5.96. The van der Waals surface area contributed by atoms with E-state index in [0.29, 0.717) is 12.6 Å². The summed E-state index contributed by atoms with van der Waals surface area (Å²) in [6.07, 6.45) is 0. The highest BCUT2D eigenvalue weighted by Crippen LogP contribution is 2.24. The van der Waals surface area contributed by atoms with Gasteiger partial charge in [-0.25, -0.2) is 0 Å². The van der Waals surface area contributed by atoms with Gasteiger partial charge in [0.2, 0.25) is 0 Å². The molecule has 0 aromatic heterocycles. The molecule has 1 aromatic rings. The van der Waals surface area contributed by atoms with Crippen molar-refractivity contribution < 1.29 is 0 Å². The fraction of sp³-hybridized carbons (Fsp3) is 0.500.